The Morgan fingerprint density at radius 1 is 1.03 bits per heavy atom. The van der Waals surface area contributed by atoms with Gasteiger partial charge in [0.2, 0.25) is 5.91 Å². The van der Waals surface area contributed by atoms with Gasteiger partial charge in [-0.15, -0.1) is 0 Å². The van der Waals surface area contributed by atoms with Gasteiger partial charge in [-0.3, -0.25) is 14.5 Å². The van der Waals surface area contributed by atoms with Gasteiger partial charge in [0.15, 0.2) is 5.16 Å². The predicted molar refractivity (Wildman–Crippen MR) is 117 cm³/mol. The minimum atomic E-state index is -0.282. The Labute approximate surface area is 179 Å². The highest BCUT2D eigenvalue weighted by atomic mass is 32.2. The van der Waals surface area contributed by atoms with Gasteiger partial charge in [0.05, 0.1) is 0 Å². The van der Waals surface area contributed by atoms with Gasteiger partial charge < -0.3 is 5.32 Å². The van der Waals surface area contributed by atoms with Gasteiger partial charge in [0.1, 0.15) is 6.54 Å². The van der Waals surface area contributed by atoms with E-state index in [9.17, 15) is 9.59 Å². The van der Waals surface area contributed by atoms with Gasteiger partial charge in [-0.25, -0.2) is 9.97 Å². The molecule has 2 heterocycles. The van der Waals surface area contributed by atoms with E-state index in [4.69, 9.17) is 0 Å². The average Bonchev–Trinajstić information content (AvgIpc) is 2.94. The van der Waals surface area contributed by atoms with Crippen LogP contribution in [-0.4, -0.2) is 33.2 Å². The largest absolute Gasteiger partial charge is 0.325 e. The van der Waals surface area contributed by atoms with Crippen molar-refractivity contribution in [1.82, 2.24) is 14.9 Å². The molecule has 0 aliphatic carbocycles. The maximum absolute atomic E-state index is 12.5. The number of nitrogens with zero attached hydrogens (tertiary/aromatic N) is 3. The zero-order valence-corrected chi connectivity index (χ0v) is 17.5. The Morgan fingerprint density at radius 2 is 1.67 bits per heavy atom. The van der Waals surface area contributed by atoms with Crippen LogP contribution in [0.1, 0.15) is 27.3 Å². The Bertz CT molecular complexity index is 1100. The third kappa shape index (κ3) is 4.11. The fourth-order valence-electron chi connectivity index (χ4n) is 3.30. The molecule has 1 N–H and O–H groups in total. The zero-order valence-electron chi connectivity index (χ0n) is 16.7. The second kappa shape index (κ2) is 8.12. The minimum absolute atomic E-state index is 0.0841. The summed E-state index contributed by atoms with van der Waals surface area (Å²) in [6.07, 6.45) is 0. The molecule has 150 valence electrons. The fourth-order valence-corrected chi connectivity index (χ4v) is 4.16. The molecular formula is C23H20N4O2S. The average molecular weight is 417 g/mol. The molecule has 4 rings (SSSR count). The molecule has 1 aliphatic heterocycles. The number of benzene rings is 2. The van der Waals surface area contributed by atoms with E-state index in [-0.39, 0.29) is 18.4 Å². The fraction of sp³-hybridized carbons (Fsp3) is 0.130. The maximum atomic E-state index is 12.5. The molecule has 0 radical (unpaired) electrons. The van der Waals surface area contributed by atoms with Crippen molar-refractivity contribution >= 4 is 35.0 Å². The third-order valence-electron chi connectivity index (χ3n) is 4.65. The number of rotatable bonds is 5. The van der Waals surface area contributed by atoms with Crippen molar-refractivity contribution in [3.8, 4) is 0 Å². The first-order valence-corrected chi connectivity index (χ1v) is 10.2. The Morgan fingerprint density at radius 3 is 2.30 bits per heavy atom. The van der Waals surface area contributed by atoms with E-state index in [2.05, 4.69) is 21.9 Å². The molecule has 2 amide bonds. The number of amides is 2. The van der Waals surface area contributed by atoms with Gasteiger partial charge in [0, 0.05) is 38.8 Å². The second-order valence-corrected chi connectivity index (χ2v) is 8.03. The van der Waals surface area contributed by atoms with Crippen LogP contribution in [0.2, 0.25) is 0 Å². The van der Waals surface area contributed by atoms with Crippen LogP contribution in [0, 0.1) is 13.8 Å². The van der Waals surface area contributed by atoms with Crippen LogP contribution in [0.25, 0.3) is 5.70 Å². The molecule has 6 nitrogen and oxygen atoms in total. The van der Waals surface area contributed by atoms with E-state index in [1.165, 1.54) is 16.7 Å². The highest BCUT2D eigenvalue weighted by molar-refractivity contribution is 7.99. The summed E-state index contributed by atoms with van der Waals surface area (Å²) in [5.41, 5.74) is 4.39. The normalized spacial score (nSPS) is 12.8. The number of carbonyl (C=O) groups is 2. The molecule has 1 aromatic heterocycles. The summed E-state index contributed by atoms with van der Waals surface area (Å²) in [6, 6.07) is 16.6. The Kier molecular flexibility index (Phi) is 5.37. The van der Waals surface area contributed by atoms with E-state index >= 15 is 0 Å². The van der Waals surface area contributed by atoms with E-state index in [1.807, 2.05) is 56.3 Å². The summed E-state index contributed by atoms with van der Waals surface area (Å²) in [5.74, 6) is -0.485. The Hall–Kier alpha value is -3.45. The van der Waals surface area contributed by atoms with Gasteiger partial charge in [-0.05, 0) is 62.0 Å². The summed E-state index contributed by atoms with van der Waals surface area (Å²) in [5, 5.41) is 3.52. The number of hydrogen-bond donors (Lipinski definition) is 1. The van der Waals surface area contributed by atoms with Gasteiger partial charge >= 0.3 is 0 Å². The summed E-state index contributed by atoms with van der Waals surface area (Å²) in [4.78, 5) is 36.2. The van der Waals surface area contributed by atoms with Crippen LogP contribution in [-0.2, 0) is 4.79 Å². The Balaban J connectivity index is 1.38. The van der Waals surface area contributed by atoms with Crippen LogP contribution in [0.3, 0.4) is 0 Å². The number of aryl methyl sites for hydroxylation is 2. The van der Waals surface area contributed by atoms with E-state index in [0.717, 1.165) is 21.8 Å². The lowest BCUT2D eigenvalue weighted by Crippen LogP contribution is -2.32. The molecule has 7 heteroatoms. The number of carbonyl (C=O) groups excluding carboxylic acids is 2. The first-order valence-electron chi connectivity index (χ1n) is 9.41. The van der Waals surface area contributed by atoms with Crippen molar-refractivity contribution < 1.29 is 9.59 Å². The molecule has 0 fully saturated rings. The second-order valence-electron chi connectivity index (χ2n) is 6.99. The number of hydrogen-bond acceptors (Lipinski definition) is 5. The topological polar surface area (TPSA) is 75.2 Å². The summed E-state index contributed by atoms with van der Waals surface area (Å²) in [7, 11) is 0. The summed E-state index contributed by atoms with van der Waals surface area (Å²) in [6.45, 7) is 7.76. The number of aromatic nitrogens is 2. The molecular weight excluding hydrogens is 396 g/mol. The van der Waals surface area contributed by atoms with Crippen molar-refractivity contribution in [3.63, 3.8) is 0 Å². The maximum Gasteiger partial charge on any atom is 0.259 e. The van der Waals surface area contributed by atoms with Crippen LogP contribution in [0.5, 0.6) is 0 Å². The highest BCUT2D eigenvalue weighted by Gasteiger charge is 2.31. The van der Waals surface area contributed by atoms with Crippen LogP contribution in [0.4, 0.5) is 5.69 Å². The summed E-state index contributed by atoms with van der Waals surface area (Å²) >= 11 is 1.46. The standard InChI is InChI=1S/C23H20N4O2S/c1-14-12-15(2)25-23(24-14)30-18-10-8-17(9-11-18)26-21(28)13-27-16(3)19-6-4-5-7-20(19)22(27)29/h4-12H,3,13H2,1-2H3,(H,26,28). The van der Waals surface area contributed by atoms with E-state index < -0.39 is 0 Å². The molecule has 3 aromatic rings. The monoisotopic (exact) mass is 416 g/mol. The predicted octanol–water partition coefficient (Wildman–Crippen LogP) is 4.31. The molecule has 0 saturated heterocycles. The molecule has 0 atom stereocenters. The lowest BCUT2D eigenvalue weighted by molar-refractivity contribution is -0.116. The quantitative estimate of drug-likeness (QED) is 0.628. The van der Waals surface area contributed by atoms with Crippen LogP contribution in [0.15, 0.2) is 71.2 Å². The van der Waals surface area contributed by atoms with Crippen molar-refractivity contribution in [2.45, 2.75) is 23.9 Å². The first kappa shape index (κ1) is 19.8. The molecule has 2 aromatic carbocycles. The van der Waals surface area contributed by atoms with Crippen LogP contribution >= 0.6 is 11.8 Å². The van der Waals surface area contributed by atoms with Crippen molar-refractivity contribution in [3.05, 3.63) is 83.7 Å². The van der Waals surface area contributed by atoms with Crippen molar-refractivity contribution in [2.24, 2.45) is 0 Å². The molecule has 0 bridgehead atoms. The van der Waals surface area contributed by atoms with Gasteiger partial charge in [-0.1, -0.05) is 24.8 Å². The molecule has 0 saturated carbocycles. The number of anilines is 1. The van der Waals surface area contributed by atoms with Crippen molar-refractivity contribution in [2.75, 3.05) is 11.9 Å². The lowest BCUT2D eigenvalue weighted by atomic mass is 10.1. The minimum Gasteiger partial charge on any atom is -0.325 e. The molecule has 0 unspecified atom stereocenters. The lowest BCUT2D eigenvalue weighted by Gasteiger charge is -2.17. The number of nitrogens with one attached hydrogen (secondary N) is 1. The third-order valence-corrected chi connectivity index (χ3v) is 5.52. The van der Waals surface area contributed by atoms with Gasteiger partial charge in [0.25, 0.3) is 5.91 Å². The summed E-state index contributed by atoms with van der Waals surface area (Å²) < 4.78 is 0. The molecule has 30 heavy (non-hydrogen) atoms. The number of fused-ring (bicyclic) bond motifs is 1. The van der Waals surface area contributed by atoms with Crippen molar-refractivity contribution in [1.29, 1.82) is 0 Å². The zero-order chi connectivity index (χ0) is 21.3. The van der Waals surface area contributed by atoms with Gasteiger partial charge in [-0.2, -0.15) is 0 Å². The van der Waals surface area contributed by atoms with E-state index in [1.54, 1.807) is 12.1 Å². The molecule has 0 spiro atoms. The SMILES string of the molecule is C=C1c2ccccc2C(=O)N1CC(=O)Nc1ccc(Sc2nc(C)cc(C)n2)cc1. The van der Waals surface area contributed by atoms with Crippen LogP contribution < -0.4 is 5.32 Å². The molecule has 1 aliphatic rings. The van der Waals surface area contributed by atoms with E-state index in [0.29, 0.717) is 22.1 Å². The smallest absolute Gasteiger partial charge is 0.259 e. The first-order chi connectivity index (χ1) is 14.4. The highest BCUT2D eigenvalue weighted by Crippen LogP contribution is 2.31.